The molecule has 0 spiro atoms. The summed E-state index contributed by atoms with van der Waals surface area (Å²) in [6.07, 6.45) is 0. The van der Waals surface area contributed by atoms with Gasteiger partial charge in [0.05, 0.1) is 12.8 Å². The highest BCUT2D eigenvalue weighted by Gasteiger charge is 2.44. The Bertz CT molecular complexity index is 1150. The fourth-order valence-electron chi connectivity index (χ4n) is 4.74. The summed E-state index contributed by atoms with van der Waals surface area (Å²) in [6, 6.07) is 30.5. The number of carbonyl (C=O) groups is 2. The van der Waals surface area contributed by atoms with Crippen molar-refractivity contribution in [1.82, 2.24) is 4.90 Å². The number of thioether (sulfide) groups is 2. The van der Waals surface area contributed by atoms with Gasteiger partial charge in [-0.2, -0.15) is 0 Å². The Hall–Kier alpha value is -3.14. The maximum absolute atomic E-state index is 9.10. The molecule has 0 saturated carbocycles. The first kappa shape index (κ1) is 27.9. The van der Waals surface area contributed by atoms with Crippen LogP contribution in [0.1, 0.15) is 11.1 Å². The lowest BCUT2D eigenvalue weighted by Crippen LogP contribution is -2.48. The van der Waals surface area contributed by atoms with Crippen LogP contribution in [0.4, 0.5) is 5.69 Å². The highest BCUT2D eigenvalue weighted by molar-refractivity contribution is 8.21. The lowest BCUT2D eigenvalue weighted by atomic mass is 10.0. The molecule has 2 heterocycles. The van der Waals surface area contributed by atoms with E-state index >= 15 is 0 Å². The molecule has 2 aliphatic rings. The molecule has 2 aliphatic heterocycles. The van der Waals surface area contributed by atoms with Gasteiger partial charge >= 0.3 is 11.9 Å². The molecule has 0 radical (unpaired) electrons. The van der Waals surface area contributed by atoms with Crippen molar-refractivity contribution in [1.29, 1.82) is 0 Å². The van der Waals surface area contributed by atoms with Gasteiger partial charge in [0.15, 0.2) is 0 Å². The molecule has 200 valence electrons. The second kappa shape index (κ2) is 13.1. The van der Waals surface area contributed by atoms with Crippen LogP contribution in [0.25, 0.3) is 0 Å². The third kappa shape index (κ3) is 6.64. The van der Waals surface area contributed by atoms with E-state index in [1.54, 1.807) is 7.11 Å². The number of benzene rings is 3. The minimum atomic E-state index is -1.82. The molecule has 7 nitrogen and oxygen atoms in total. The highest BCUT2D eigenvalue weighted by atomic mass is 32.2. The maximum atomic E-state index is 9.10. The molecule has 0 aliphatic carbocycles. The van der Waals surface area contributed by atoms with Crippen molar-refractivity contribution < 1.29 is 24.5 Å². The van der Waals surface area contributed by atoms with E-state index in [0.717, 1.165) is 38.5 Å². The molecule has 0 aromatic heterocycles. The minimum Gasteiger partial charge on any atom is -0.495 e. The van der Waals surface area contributed by atoms with E-state index in [0.29, 0.717) is 5.25 Å². The van der Waals surface area contributed by atoms with E-state index < -0.39 is 11.9 Å². The van der Waals surface area contributed by atoms with Gasteiger partial charge in [-0.1, -0.05) is 72.8 Å². The number of rotatable bonds is 6. The van der Waals surface area contributed by atoms with Crippen molar-refractivity contribution in [3.05, 3.63) is 96.1 Å². The molecule has 2 saturated heterocycles. The predicted octanol–water partition coefficient (Wildman–Crippen LogP) is 4.72. The molecule has 3 aromatic carbocycles. The Labute approximate surface area is 231 Å². The molecule has 5 rings (SSSR count). The van der Waals surface area contributed by atoms with Crippen LogP contribution in [0.2, 0.25) is 0 Å². The lowest BCUT2D eigenvalue weighted by Gasteiger charge is -2.37. The smallest absolute Gasteiger partial charge is 0.414 e. The second-order valence-corrected chi connectivity index (χ2v) is 12.0. The maximum Gasteiger partial charge on any atom is 0.414 e. The van der Waals surface area contributed by atoms with Crippen LogP contribution in [0.15, 0.2) is 84.9 Å². The first-order valence-electron chi connectivity index (χ1n) is 12.4. The standard InChI is InChI=1S/C27H30N2OS2.C2H2O4/c1-30-26-15-9-8-14-25(26)29-18-16-28(17-19-29)20-24-21-31-27(32-24,22-10-4-2-5-11-22)23-12-6-3-7-13-23;3-1(4)2(5)6/h2-15,24H,16-21H2,1H3;(H,3,4)(H,5,6). The molecule has 0 bridgehead atoms. The Kier molecular flexibility index (Phi) is 9.60. The second-order valence-electron chi connectivity index (χ2n) is 8.97. The van der Waals surface area contributed by atoms with Gasteiger partial charge in [-0.15, -0.1) is 23.5 Å². The van der Waals surface area contributed by atoms with E-state index in [1.165, 1.54) is 22.6 Å². The van der Waals surface area contributed by atoms with E-state index in [1.807, 2.05) is 6.07 Å². The normalized spacial score (nSPS) is 18.8. The molecule has 38 heavy (non-hydrogen) atoms. The molecule has 1 atom stereocenters. The first-order chi connectivity index (χ1) is 18.4. The van der Waals surface area contributed by atoms with Crippen molar-refractivity contribution in [2.24, 2.45) is 0 Å². The van der Waals surface area contributed by atoms with E-state index in [-0.39, 0.29) is 4.08 Å². The molecule has 9 heteroatoms. The molecule has 1 unspecified atom stereocenters. The van der Waals surface area contributed by atoms with Crippen molar-refractivity contribution >= 4 is 41.1 Å². The van der Waals surface area contributed by atoms with Gasteiger partial charge in [0.1, 0.15) is 9.83 Å². The van der Waals surface area contributed by atoms with Crippen LogP contribution in [0.5, 0.6) is 5.75 Å². The third-order valence-corrected chi connectivity index (χ3v) is 10.3. The van der Waals surface area contributed by atoms with Crippen LogP contribution in [-0.4, -0.2) is 77.9 Å². The molecule has 2 N–H and O–H groups in total. The number of ether oxygens (including phenoxy) is 1. The number of aliphatic carboxylic acids is 2. The lowest BCUT2D eigenvalue weighted by molar-refractivity contribution is -0.159. The largest absolute Gasteiger partial charge is 0.495 e. The first-order valence-corrected chi connectivity index (χ1v) is 14.3. The average molecular weight is 553 g/mol. The minimum absolute atomic E-state index is 0.00753. The zero-order valence-corrected chi connectivity index (χ0v) is 22.9. The van der Waals surface area contributed by atoms with Crippen molar-refractivity contribution in [3.8, 4) is 5.75 Å². The number of nitrogens with zero attached hydrogens (tertiary/aromatic N) is 2. The van der Waals surface area contributed by atoms with E-state index in [2.05, 4.69) is 112 Å². The summed E-state index contributed by atoms with van der Waals surface area (Å²) >= 11 is 4.25. The van der Waals surface area contributed by atoms with Gasteiger partial charge in [-0.3, -0.25) is 4.90 Å². The van der Waals surface area contributed by atoms with Gasteiger partial charge < -0.3 is 19.8 Å². The molecular weight excluding hydrogens is 520 g/mol. The summed E-state index contributed by atoms with van der Waals surface area (Å²) in [5.74, 6) is -1.49. The van der Waals surface area contributed by atoms with Crippen molar-refractivity contribution in [2.45, 2.75) is 9.33 Å². The Morgan fingerprint density at radius 1 is 0.842 bits per heavy atom. The number of piperazine rings is 1. The number of anilines is 1. The Balaban J connectivity index is 0.000000505. The summed E-state index contributed by atoms with van der Waals surface area (Å²) in [5.41, 5.74) is 4.03. The fourth-order valence-corrected chi connectivity index (χ4v) is 8.53. The van der Waals surface area contributed by atoms with Crippen molar-refractivity contribution in [2.75, 3.05) is 50.5 Å². The van der Waals surface area contributed by atoms with Gasteiger partial charge in [-0.05, 0) is 23.3 Å². The van der Waals surface area contributed by atoms with Crippen LogP contribution in [0, 0.1) is 0 Å². The number of methoxy groups -OCH3 is 1. The third-order valence-electron chi connectivity index (χ3n) is 6.56. The fraction of sp³-hybridized carbons (Fsp3) is 0.310. The van der Waals surface area contributed by atoms with Crippen LogP contribution in [-0.2, 0) is 13.7 Å². The van der Waals surface area contributed by atoms with Crippen LogP contribution >= 0.6 is 23.5 Å². The Morgan fingerprint density at radius 2 is 1.37 bits per heavy atom. The quantitative estimate of drug-likeness (QED) is 0.422. The molecule has 0 amide bonds. The van der Waals surface area contributed by atoms with Crippen LogP contribution in [0.3, 0.4) is 0 Å². The zero-order chi connectivity index (χ0) is 27.0. The number of para-hydroxylation sites is 2. The van der Waals surface area contributed by atoms with Gasteiger partial charge in [-0.25, -0.2) is 9.59 Å². The Morgan fingerprint density at radius 3 is 1.89 bits per heavy atom. The van der Waals surface area contributed by atoms with E-state index in [4.69, 9.17) is 24.5 Å². The number of carboxylic acids is 2. The average Bonchev–Trinajstić information content (AvgIpc) is 3.39. The summed E-state index contributed by atoms with van der Waals surface area (Å²) in [4.78, 5) is 23.3. The zero-order valence-electron chi connectivity index (χ0n) is 21.2. The van der Waals surface area contributed by atoms with Gasteiger partial charge in [0, 0.05) is 43.7 Å². The topological polar surface area (TPSA) is 90.3 Å². The predicted molar refractivity (Wildman–Crippen MR) is 154 cm³/mol. The monoisotopic (exact) mass is 552 g/mol. The van der Waals surface area contributed by atoms with Crippen LogP contribution < -0.4 is 9.64 Å². The highest BCUT2D eigenvalue weighted by Crippen LogP contribution is 2.59. The molecular formula is C29H32N2O5S2. The number of hydrogen-bond acceptors (Lipinski definition) is 7. The number of hydrogen-bond donors (Lipinski definition) is 2. The van der Waals surface area contributed by atoms with Gasteiger partial charge in [0.25, 0.3) is 0 Å². The summed E-state index contributed by atoms with van der Waals surface area (Å²) in [7, 11) is 1.76. The van der Waals surface area contributed by atoms with Crippen molar-refractivity contribution in [3.63, 3.8) is 0 Å². The molecule has 2 fully saturated rings. The number of carboxylic acid groups (broad SMARTS) is 2. The van der Waals surface area contributed by atoms with E-state index in [9.17, 15) is 0 Å². The SMILES string of the molecule is COc1ccccc1N1CCN(CC2CSC(c3ccccc3)(c3ccccc3)S2)CC1.O=C(O)C(=O)O. The molecule has 3 aromatic rings. The summed E-state index contributed by atoms with van der Waals surface area (Å²) in [5, 5.41) is 15.4. The summed E-state index contributed by atoms with van der Waals surface area (Å²) < 4.78 is 5.57. The van der Waals surface area contributed by atoms with Gasteiger partial charge in [0.2, 0.25) is 0 Å². The summed E-state index contributed by atoms with van der Waals surface area (Å²) in [6.45, 7) is 5.45.